The van der Waals surface area contributed by atoms with Crippen molar-refractivity contribution in [3.8, 4) is 17.0 Å². The molecule has 0 aliphatic carbocycles. The molecule has 0 saturated carbocycles. The fourth-order valence-corrected chi connectivity index (χ4v) is 4.18. The van der Waals surface area contributed by atoms with Crippen molar-refractivity contribution in [3.05, 3.63) is 47.4 Å². The number of aliphatic hydroxyl groups is 2. The lowest BCUT2D eigenvalue weighted by molar-refractivity contribution is -0.279. The number of aromatic nitrogens is 1. The van der Waals surface area contributed by atoms with Crippen molar-refractivity contribution in [3.63, 3.8) is 0 Å². The normalized spacial score (nSPS) is 21.3. The van der Waals surface area contributed by atoms with E-state index in [4.69, 9.17) is 4.74 Å². The summed E-state index contributed by atoms with van der Waals surface area (Å²) in [6, 6.07) is 4.21. The van der Waals surface area contributed by atoms with Crippen LogP contribution in [0.25, 0.3) is 11.3 Å². The average molecular weight is 530 g/mol. The van der Waals surface area contributed by atoms with Crippen molar-refractivity contribution in [1.82, 2.24) is 9.71 Å². The van der Waals surface area contributed by atoms with Gasteiger partial charge in [0.05, 0.1) is 12.3 Å². The topological polar surface area (TPSA) is 97.7 Å². The minimum atomic E-state index is -5.54. The zero-order valence-corrected chi connectivity index (χ0v) is 19.3. The third kappa shape index (κ3) is 4.69. The van der Waals surface area contributed by atoms with Crippen molar-refractivity contribution in [2.24, 2.45) is 0 Å². The van der Waals surface area contributed by atoms with E-state index in [1.807, 2.05) is 4.72 Å². The molecule has 2 aromatic rings. The van der Waals surface area contributed by atoms with Gasteiger partial charge >= 0.3 is 12.4 Å². The van der Waals surface area contributed by atoms with E-state index in [2.05, 4.69) is 4.98 Å². The lowest BCUT2D eigenvalue weighted by Crippen LogP contribution is -2.60. The molecule has 14 heteroatoms. The predicted molar refractivity (Wildman–Crippen MR) is 111 cm³/mol. The van der Waals surface area contributed by atoms with E-state index in [0.717, 1.165) is 24.3 Å². The second-order valence-electron chi connectivity index (χ2n) is 8.93. The third-order valence-corrected chi connectivity index (χ3v) is 7.06. The average Bonchev–Trinajstić information content (AvgIpc) is 3.11. The number of ether oxygens (including phenoxy) is 1. The summed E-state index contributed by atoms with van der Waals surface area (Å²) >= 11 is -2.38. The van der Waals surface area contributed by atoms with E-state index in [0.29, 0.717) is 6.07 Å². The molecule has 3 atom stereocenters. The van der Waals surface area contributed by atoms with Crippen LogP contribution < -0.4 is 9.46 Å². The molecule has 0 radical (unpaired) electrons. The van der Waals surface area contributed by atoms with Crippen LogP contribution in [0, 0.1) is 5.82 Å². The minimum absolute atomic E-state index is 0.123. The number of aliphatic hydroxyl groups excluding tert-OH is 1. The van der Waals surface area contributed by atoms with Gasteiger partial charge in [0.2, 0.25) is 11.1 Å². The lowest BCUT2D eigenvalue weighted by Gasteiger charge is -2.35. The second kappa shape index (κ2) is 8.76. The fraction of sp³-hybridized carbons (Fsp3) is 0.476. The highest BCUT2D eigenvalue weighted by Gasteiger charge is 2.66. The number of rotatable bonds is 5. The lowest BCUT2D eigenvalue weighted by atomic mass is 9.88. The largest absolute Gasteiger partial charge is 0.598 e. The molecular formula is C21H21F7N2O4S. The molecule has 6 nitrogen and oxygen atoms in total. The van der Waals surface area contributed by atoms with E-state index in [1.165, 1.54) is 20.8 Å². The maximum absolute atomic E-state index is 14.5. The molecule has 35 heavy (non-hydrogen) atoms. The molecular weight excluding hydrogens is 509 g/mol. The van der Waals surface area contributed by atoms with Gasteiger partial charge in [-0.2, -0.15) is 26.3 Å². The van der Waals surface area contributed by atoms with Crippen LogP contribution in [-0.2, 0) is 22.5 Å². The Kier molecular flexibility index (Phi) is 6.87. The molecule has 1 aromatic carbocycles. The number of fused-ring (bicyclic) bond motifs is 1. The summed E-state index contributed by atoms with van der Waals surface area (Å²) in [5, 5.41) is 19.6. The maximum Gasteiger partial charge on any atom is 0.425 e. The van der Waals surface area contributed by atoms with E-state index >= 15 is 0 Å². The second-order valence-corrected chi connectivity index (χ2v) is 10.9. The van der Waals surface area contributed by atoms with Crippen molar-refractivity contribution < 1.29 is 50.2 Å². The van der Waals surface area contributed by atoms with Crippen LogP contribution in [0.15, 0.2) is 30.3 Å². The van der Waals surface area contributed by atoms with Crippen LogP contribution in [0.2, 0.25) is 0 Å². The van der Waals surface area contributed by atoms with Gasteiger partial charge in [0.15, 0.2) is 5.75 Å². The summed E-state index contributed by atoms with van der Waals surface area (Å²) in [6.45, 7) is 0.982. The Hall–Kier alpha value is -2.13. The van der Waals surface area contributed by atoms with Crippen molar-refractivity contribution in [2.45, 2.75) is 49.0 Å². The number of nitrogens with zero attached hydrogens (tertiary/aromatic N) is 1. The summed E-state index contributed by atoms with van der Waals surface area (Å²) in [5.41, 5.74) is -10.3. The van der Waals surface area contributed by atoms with E-state index in [-0.39, 0.29) is 5.56 Å². The molecule has 0 fully saturated rings. The molecule has 1 aromatic heterocycles. The maximum atomic E-state index is 14.5. The van der Waals surface area contributed by atoms with Crippen LogP contribution >= 0.6 is 0 Å². The Balaban J connectivity index is 2.38. The zero-order valence-electron chi connectivity index (χ0n) is 18.5. The Bertz CT molecular complexity index is 1090. The van der Waals surface area contributed by atoms with Gasteiger partial charge in [0, 0.05) is 22.5 Å². The fourth-order valence-electron chi connectivity index (χ4n) is 3.27. The molecule has 1 aliphatic rings. The zero-order chi connectivity index (χ0) is 26.6. The van der Waals surface area contributed by atoms with Gasteiger partial charge in [-0.25, -0.2) is 9.37 Å². The van der Waals surface area contributed by atoms with E-state index in [9.17, 15) is 45.5 Å². The summed E-state index contributed by atoms with van der Waals surface area (Å²) in [5.74, 6) is -1.34. The van der Waals surface area contributed by atoms with Crippen molar-refractivity contribution in [2.75, 3.05) is 13.2 Å². The number of benzene rings is 1. The number of alkyl halides is 6. The van der Waals surface area contributed by atoms with Gasteiger partial charge in [0.25, 0.3) is 0 Å². The highest BCUT2D eigenvalue weighted by Crippen LogP contribution is 2.52. The number of pyridine rings is 1. The summed E-state index contributed by atoms with van der Waals surface area (Å²) < 4.78 is 117. The molecule has 1 aliphatic heterocycles. The first-order valence-electron chi connectivity index (χ1n) is 9.98. The van der Waals surface area contributed by atoms with Crippen LogP contribution in [0.4, 0.5) is 30.7 Å². The molecule has 0 spiro atoms. The van der Waals surface area contributed by atoms with Crippen LogP contribution in [0.1, 0.15) is 32.0 Å². The standard InChI is InChI=1S/C21H21F7N2O4S/c1-17(2,3)35(33)30-18(20(23,24)25)10-34-16-13(18)8-14(19(32,9-31)21(26,27)28)29-15(16)11-4-6-12(22)7-5-11/h4-8,30-32H,9-10H2,1-3H3/t18-,19?,35?/m0/s1. The Labute approximate surface area is 198 Å². The van der Waals surface area contributed by atoms with Gasteiger partial charge < -0.3 is 19.5 Å². The van der Waals surface area contributed by atoms with Gasteiger partial charge in [-0.05, 0) is 51.1 Å². The first-order valence-corrected chi connectivity index (χ1v) is 11.1. The van der Waals surface area contributed by atoms with Crippen LogP contribution in [-0.4, -0.2) is 50.1 Å². The highest BCUT2D eigenvalue weighted by molar-refractivity contribution is 7.90. The molecule has 0 amide bonds. The molecule has 3 rings (SSSR count). The molecule has 194 valence electrons. The smallest absolute Gasteiger partial charge is 0.425 e. The molecule has 2 unspecified atom stereocenters. The van der Waals surface area contributed by atoms with Gasteiger partial charge in [-0.1, -0.05) is 0 Å². The number of halogens is 7. The van der Waals surface area contributed by atoms with E-state index < -0.39 is 81.3 Å². The first kappa shape index (κ1) is 27.5. The first-order chi connectivity index (χ1) is 15.9. The van der Waals surface area contributed by atoms with Gasteiger partial charge in [-0.15, -0.1) is 4.72 Å². The number of nitrogens with one attached hydrogen (secondary N) is 1. The third-order valence-electron chi connectivity index (χ3n) is 5.41. The Morgan fingerprint density at radius 1 is 1.11 bits per heavy atom. The molecule has 0 bridgehead atoms. The Morgan fingerprint density at radius 3 is 2.14 bits per heavy atom. The van der Waals surface area contributed by atoms with Gasteiger partial charge in [0.1, 0.15) is 22.9 Å². The quantitative estimate of drug-likeness (QED) is 0.402. The van der Waals surface area contributed by atoms with E-state index in [1.54, 1.807) is 0 Å². The highest BCUT2D eigenvalue weighted by atomic mass is 32.2. The monoisotopic (exact) mass is 530 g/mol. The SMILES string of the molecule is CC(C)(C)[S+]([O-])N[C@@]1(C(F)(F)F)COc2c1cc(C(O)(CO)C(F)(F)F)nc2-c1ccc(F)cc1. The Morgan fingerprint density at radius 2 is 1.69 bits per heavy atom. The molecule has 0 saturated heterocycles. The summed E-state index contributed by atoms with van der Waals surface area (Å²) in [4.78, 5) is 3.68. The molecule has 3 N–H and O–H groups in total. The van der Waals surface area contributed by atoms with Crippen molar-refractivity contribution in [1.29, 1.82) is 0 Å². The summed E-state index contributed by atoms with van der Waals surface area (Å²) in [7, 11) is 0. The van der Waals surface area contributed by atoms with Gasteiger partial charge in [-0.3, -0.25) is 0 Å². The number of hydrogen-bond donors (Lipinski definition) is 3. The van der Waals surface area contributed by atoms with Crippen LogP contribution in [0.3, 0.4) is 0 Å². The van der Waals surface area contributed by atoms with Crippen molar-refractivity contribution >= 4 is 11.4 Å². The summed E-state index contributed by atoms with van der Waals surface area (Å²) in [6.07, 6.45) is -10.8. The minimum Gasteiger partial charge on any atom is -0.598 e. The van der Waals surface area contributed by atoms with Crippen LogP contribution in [0.5, 0.6) is 5.75 Å². The molecule has 2 heterocycles. The predicted octanol–water partition coefficient (Wildman–Crippen LogP) is 3.83. The number of hydrogen-bond acceptors (Lipinski definition) is 6.